The maximum Gasteiger partial charge on any atom is 0.221 e. The van der Waals surface area contributed by atoms with Gasteiger partial charge < -0.3 is 5.32 Å². The van der Waals surface area contributed by atoms with E-state index in [0.717, 1.165) is 6.92 Å². The van der Waals surface area contributed by atoms with Crippen LogP contribution in [0.5, 0.6) is 0 Å². The number of anilines is 1. The first-order valence-electron chi connectivity index (χ1n) is 3.65. The van der Waals surface area contributed by atoms with Gasteiger partial charge in [-0.1, -0.05) is 0 Å². The van der Waals surface area contributed by atoms with E-state index in [1.807, 2.05) is 0 Å². The molecule has 0 saturated carbocycles. The molecule has 15 heavy (non-hydrogen) atoms. The molecule has 0 fully saturated rings. The average molecular weight is 347 g/mol. The number of carbonyl (C=O) groups excluding carboxylic acids is 1. The molecule has 0 saturated heterocycles. The Hall–Kier alpha value is -0.560. The molecule has 0 radical (unpaired) electrons. The van der Waals surface area contributed by atoms with Crippen LogP contribution in [0.4, 0.5) is 18.9 Å². The Labute approximate surface area is 100 Å². The molecule has 2 nitrogen and oxygen atoms in total. The Bertz CT molecular complexity index is 407. The zero-order valence-electron chi connectivity index (χ0n) is 7.30. The SMILES string of the molecule is CC(=O)Nc1c(F)c(Br)c(F)c(F)c1Br. The maximum atomic E-state index is 13.4. The number of rotatable bonds is 1. The van der Waals surface area contributed by atoms with Crippen LogP contribution in [0, 0.1) is 17.5 Å². The van der Waals surface area contributed by atoms with Gasteiger partial charge in [0, 0.05) is 6.92 Å². The second-order valence-corrected chi connectivity index (χ2v) is 4.21. The summed E-state index contributed by atoms with van der Waals surface area (Å²) in [5.74, 6) is -4.29. The maximum absolute atomic E-state index is 13.4. The summed E-state index contributed by atoms with van der Waals surface area (Å²) in [5, 5.41) is 2.05. The van der Waals surface area contributed by atoms with E-state index in [0.29, 0.717) is 0 Å². The molecule has 0 aliphatic carbocycles. The molecule has 0 bridgehead atoms. The lowest BCUT2D eigenvalue weighted by molar-refractivity contribution is -0.114. The highest BCUT2D eigenvalue weighted by molar-refractivity contribution is 9.11. The van der Waals surface area contributed by atoms with Crippen LogP contribution in [0.3, 0.4) is 0 Å². The highest BCUT2D eigenvalue weighted by atomic mass is 79.9. The number of nitrogens with one attached hydrogen (secondary N) is 1. The predicted octanol–water partition coefficient (Wildman–Crippen LogP) is 3.59. The van der Waals surface area contributed by atoms with Gasteiger partial charge in [0.05, 0.1) is 14.6 Å². The summed E-state index contributed by atoms with van der Waals surface area (Å²) in [7, 11) is 0. The molecule has 0 atom stereocenters. The average Bonchev–Trinajstić information content (AvgIpc) is 2.18. The summed E-state index contributed by atoms with van der Waals surface area (Å²) in [4.78, 5) is 10.7. The molecule has 1 N–H and O–H groups in total. The second-order valence-electron chi connectivity index (χ2n) is 2.63. The van der Waals surface area contributed by atoms with Crippen molar-refractivity contribution >= 4 is 43.5 Å². The molecule has 1 amide bonds. The third kappa shape index (κ3) is 2.34. The Morgan fingerprint density at radius 1 is 1.07 bits per heavy atom. The summed E-state index contributed by atoms with van der Waals surface area (Å²) in [6, 6.07) is 0. The van der Waals surface area contributed by atoms with Crippen LogP contribution in [-0.2, 0) is 4.79 Å². The third-order valence-electron chi connectivity index (χ3n) is 1.51. The van der Waals surface area contributed by atoms with E-state index in [1.165, 1.54) is 0 Å². The minimum absolute atomic E-state index is 0.437. The smallest absolute Gasteiger partial charge is 0.221 e. The van der Waals surface area contributed by atoms with Gasteiger partial charge in [0.25, 0.3) is 0 Å². The van der Waals surface area contributed by atoms with Gasteiger partial charge in [0.15, 0.2) is 17.5 Å². The van der Waals surface area contributed by atoms with Crippen molar-refractivity contribution in [2.45, 2.75) is 6.92 Å². The molecular formula is C8H4Br2F3NO. The van der Waals surface area contributed by atoms with Crippen LogP contribution < -0.4 is 5.32 Å². The molecule has 82 valence electrons. The Morgan fingerprint density at radius 3 is 2.00 bits per heavy atom. The van der Waals surface area contributed by atoms with E-state index in [1.54, 1.807) is 0 Å². The Morgan fingerprint density at radius 2 is 1.53 bits per heavy atom. The van der Waals surface area contributed by atoms with Gasteiger partial charge in [0.2, 0.25) is 5.91 Å². The molecule has 0 heterocycles. The summed E-state index contributed by atoms with van der Waals surface area (Å²) in [5.41, 5.74) is -0.437. The number of benzene rings is 1. The lowest BCUT2D eigenvalue weighted by Gasteiger charge is -2.09. The zero-order chi connectivity index (χ0) is 11.7. The Kier molecular flexibility index (Phi) is 3.77. The van der Waals surface area contributed by atoms with E-state index in [4.69, 9.17) is 0 Å². The summed E-state index contributed by atoms with van der Waals surface area (Å²) in [6.07, 6.45) is 0. The molecular weight excluding hydrogens is 343 g/mol. The number of halogens is 5. The van der Waals surface area contributed by atoms with E-state index in [-0.39, 0.29) is 0 Å². The fourth-order valence-electron chi connectivity index (χ4n) is 0.891. The van der Waals surface area contributed by atoms with Crippen LogP contribution in [0.1, 0.15) is 6.92 Å². The van der Waals surface area contributed by atoms with Gasteiger partial charge in [-0.2, -0.15) is 0 Å². The highest BCUT2D eigenvalue weighted by Crippen LogP contribution is 2.36. The van der Waals surface area contributed by atoms with Crippen molar-refractivity contribution in [1.82, 2.24) is 0 Å². The van der Waals surface area contributed by atoms with Crippen LogP contribution in [0.2, 0.25) is 0 Å². The van der Waals surface area contributed by atoms with E-state index in [2.05, 4.69) is 37.2 Å². The molecule has 1 aromatic carbocycles. The molecule has 0 aliphatic heterocycles. The molecule has 0 aromatic heterocycles. The summed E-state index contributed by atoms with van der Waals surface area (Å²) in [6.45, 7) is 1.13. The second kappa shape index (κ2) is 4.52. The van der Waals surface area contributed by atoms with Crippen molar-refractivity contribution in [3.05, 3.63) is 26.4 Å². The standard InChI is InChI=1S/C8H4Br2F3NO/c1-2(15)14-8-4(10)6(12)5(11)3(9)7(8)13/h1H3,(H,14,15). The van der Waals surface area contributed by atoms with Crippen LogP contribution in [-0.4, -0.2) is 5.91 Å². The number of carbonyl (C=O) groups is 1. The monoisotopic (exact) mass is 345 g/mol. The van der Waals surface area contributed by atoms with Crippen molar-refractivity contribution in [2.75, 3.05) is 5.32 Å². The van der Waals surface area contributed by atoms with E-state index < -0.39 is 38.0 Å². The van der Waals surface area contributed by atoms with Crippen molar-refractivity contribution in [3.8, 4) is 0 Å². The lowest BCUT2D eigenvalue weighted by atomic mass is 10.3. The normalized spacial score (nSPS) is 10.3. The van der Waals surface area contributed by atoms with Gasteiger partial charge in [-0.3, -0.25) is 4.79 Å². The first kappa shape index (κ1) is 12.5. The predicted molar refractivity (Wildman–Crippen MR) is 56.0 cm³/mol. The van der Waals surface area contributed by atoms with Crippen LogP contribution in [0.25, 0.3) is 0 Å². The van der Waals surface area contributed by atoms with Gasteiger partial charge in [-0.15, -0.1) is 0 Å². The lowest BCUT2D eigenvalue weighted by Crippen LogP contribution is -2.10. The molecule has 7 heteroatoms. The number of amides is 1. The third-order valence-corrected chi connectivity index (χ3v) is 2.95. The molecule has 0 spiro atoms. The molecule has 0 aliphatic rings. The topological polar surface area (TPSA) is 29.1 Å². The van der Waals surface area contributed by atoms with Crippen molar-refractivity contribution < 1.29 is 18.0 Å². The fraction of sp³-hybridized carbons (Fsp3) is 0.125. The van der Waals surface area contributed by atoms with Gasteiger partial charge in [0.1, 0.15) is 0 Å². The van der Waals surface area contributed by atoms with E-state index >= 15 is 0 Å². The van der Waals surface area contributed by atoms with Crippen molar-refractivity contribution in [1.29, 1.82) is 0 Å². The van der Waals surface area contributed by atoms with Gasteiger partial charge in [-0.25, -0.2) is 13.2 Å². The minimum atomic E-state index is -1.35. The fourth-order valence-corrected chi connectivity index (χ4v) is 1.71. The van der Waals surface area contributed by atoms with E-state index in [9.17, 15) is 18.0 Å². The quantitative estimate of drug-likeness (QED) is 0.611. The first-order valence-corrected chi connectivity index (χ1v) is 5.24. The Balaban J connectivity index is 3.45. The van der Waals surface area contributed by atoms with Crippen LogP contribution >= 0.6 is 31.9 Å². The summed E-state index contributed by atoms with van der Waals surface area (Å²) >= 11 is 5.20. The molecule has 1 rings (SSSR count). The van der Waals surface area contributed by atoms with Gasteiger partial charge >= 0.3 is 0 Å². The molecule has 0 unspecified atom stereocenters. The van der Waals surface area contributed by atoms with Crippen molar-refractivity contribution in [3.63, 3.8) is 0 Å². The molecule has 1 aromatic rings. The minimum Gasteiger partial charge on any atom is -0.323 e. The highest BCUT2D eigenvalue weighted by Gasteiger charge is 2.22. The largest absolute Gasteiger partial charge is 0.323 e. The summed E-state index contributed by atoms with van der Waals surface area (Å²) < 4.78 is 38.3. The van der Waals surface area contributed by atoms with Crippen molar-refractivity contribution in [2.24, 2.45) is 0 Å². The zero-order valence-corrected chi connectivity index (χ0v) is 10.5. The first-order chi connectivity index (χ1) is 6.86. The number of hydrogen-bond donors (Lipinski definition) is 1. The number of hydrogen-bond acceptors (Lipinski definition) is 1. The van der Waals surface area contributed by atoms with Gasteiger partial charge in [-0.05, 0) is 31.9 Å². The van der Waals surface area contributed by atoms with Crippen LogP contribution in [0.15, 0.2) is 8.95 Å².